The zero-order valence-electron chi connectivity index (χ0n) is 10.8. The van der Waals surface area contributed by atoms with E-state index in [4.69, 9.17) is 9.97 Å². The summed E-state index contributed by atoms with van der Waals surface area (Å²) in [5.74, 6) is 0. The van der Waals surface area contributed by atoms with Gasteiger partial charge in [0.1, 0.15) is 0 Å². The quantitative estimate of drug-likeness (QED) is 0.585. The minimum absolute atomic E-state index is 0.979. The van der Waals surface area contributed by atoms with Gasteiger partial charge in [-0.2, -0.15) is 0 Å². The fourth-order valence-corrected chi connectivity index (χ4v) is 2.41. The maximum atomic E-state index is 4.70. The molecule has 0 bridgehead atoms. The molecule has 0 saturated carbocycles. The van der Waals surface area contributed by atoms with E-state index < -0.39 is 0 Å². The van der Waals surface area contributed by atoms with Crippen molar-refractivity contribution in [2.45, 2.75) is 34.1 Å². The normalized spacial score (nSPS) is 12.5. The van der Waals surface area contributed by atoms with E-state index in [0.29, 0.717) is 0 Å². The molecule has 0 saturated heterocycles. The van der Waals surface area contributed by atoms with Crippen molar-refractivity contribution in [3.63, 3.8) is 0 Å². The molecule has 0 aliphatic heterocycles. The fraction of sp³-hybridized carbons (Fsp3) is 0.333. The number of pyridine rings is 2. The van der Waals surface area contributed by atoms with E-state index in [1.165, 1.54) is 22.3 Å². The van der Waals surface area contributed by atoms with Crippen molar-refractivity contribution in [1.82, 2.24) is 9.97 Å². The number of fused-ring (bicyclic) bond motifs is 3. The molecule has 0 radical (unpaired) electrons. The summed E-state index contributed by atoms with van der Waals surface area (Å²) in [6, 6.07) is 4.51. The van der Waals surface area contributed by atoms with Crippen LogP contribution < -0.4 is 0 Å². The first-order valence-electron chi connectivity index (χ1n) is 6.01. The number of hydrogen-bond acceptors (Lipinski definition) is 2. The second kappa shape index (κ2) is 3.39. The van der Waals surface area contributed by atoms with Gasteiger partial charge in [0, 0.05) is 17.8 Å². The van der Waals surface area contributed by atoms with Gasteiger partial charge in [-0.3, -0.25) is 9.97 Å². The SMILES string of the molecule is Cc1cc2c(nc1C)-c1nc(C)c(C)cc1C2. The van der Waals surface area contributed by atoms with E-state index in [0.717, 1.165) is 29.2 Å². The molecule has 86 valence electrons. The van der Waals surface area contributed by atoms with Crippen molar-refractivity contribution in [3.05, 3.63) is 45.8 Å². The first-order valence-corrected chi connectivity index (χ1v) is 6.01. The smallest absolute Gasteiger partial charge is 0.0927 e. The summed E-state index contributed by atoms with van der Waals surface area (Å²) in [5.41, 5.74) is 9.57. The van der Waals surface area contributed by atoms with Crippen LogP contribution >= 0.6 is 0 Å². The molecular formula is C15H16N2. The lowest BCUT2D eigenvalue weighted by Gasteiger charge is -2.05. The Morgan fingerprint density at radius 2 is 1.18 bits per heavy atom. The van der Waals surface area contributed by atoms with Gasteiger partial charge in [-0.1, -0.05) is 12.1 Å². The Balaban J connectivity index is 2.27. The van der Waals surface area contributed by atoms with Crippen molar-refractivity contribution in [1.29, 1.82) is 0 Å². The van der Waals surface area contributed by atoms with Gasteiger partial charge >= 0.3 is 0 Å². The number of aromatic nitrogens is 2. The molecule has 2 aromatic rings. The molecule has 0 amide bonds. The van der Waals surface area contributed by atoms with E-state index in [9.17, 15) is 0 Å². The predicted octanol–water partition coefficient (Wildman–Crippen LogP) is 3.28. The molecule has 0 spiro atoms. The summed E-state index contributed by atoms with van der Waals surface area (Å²) < 4.78 is 0. The lowest BCUT2D eigenvalue weighted by Crippen LogP contribution is -1.94. The first-order chi connectivity index (χ1) is 8.06. The van der Waals surface area contributed by atoms with Crippen molar-refractivity contribution in [2.24, 2.45) is 0 Å². The van der Waals surface area contributed by atoms with E-state index in [2.05, 4.69) is 39.8 Å². The van der Waals surface area contributed by atoms with Crippen molar-refractivity contribution in [3.8, 4) is 11.4 Å². The van der Waals surface area contributed by atoms with Crippen molar-refractivity contribution < 1.29 is 0 Å². The van der Waals surface area contributed by atoms with Crippen LogP contribution in [0, 0.1) is 27.7 Å². The predicted molar refractivity (Wildman–Crippen MR) is 69.2 cm³/mol. The van der Waals surface area contributed by atoms with Gasteiger partial charge in [0.05, 0.1) is 11.4 Å². The Morgan fingerprint density at radius 3 is 1.59 bits per heavy atom. The third kappa shape index (κ3) is 1.47. The molecule has 2 aromatic heterocycles. The van der Waals surface area contributed by atoms with Gasteiger partial charge in [0.15, 0.2) is 0 Å². The third-order valence-electron chi connectivity index (χ3n) is 3.70. The molecule has 1 aliphatic rings. The Labute approximate surface area is 102 Å². The topological polar surface area (TPSA) is 25.8 Å². The Bertz CT molecular complexity index is 572. The standard InChI is InChI=1S/C15H16N2/c1-8-5-12-7-13-6-9(2)11(4)17-15(13)14(12)16-10(8)3/h5-6H,7H2,1-4H3. The summed E-state index contributed by atoms with van der Waals surface area (Å²) in [5, 5.41) is 0. The highest BCUT2D eigenvalue weighted by Crippen LogP contribution is 2.35. The van der Waals surface area contributed by atoms with Gasteiger partial charge < -0.3 is 0 Å². The molecule has 0 N–H and O–H groups in total. The van der Waals surface area contributed by atoms with Crippen LogP contribution in [0.15, 0.2) is 12.1 Å². The van der Waals surface area contributed by atoms with Crippen molar-refractivity contribution in [2.75, 3.05) is 0 Å². The maximum Gasteiger partial charge on any atom is 0.0927 e. The lowest BCUT2D eigenvalue weighted by molar-refractivity contribution is 1.11. The summed E-state index contributed by atoms with van der Waals surface area (Å²) in [6.45, 7) is 8.37. The Hall–Kier alpha value is -1.70. The molecule has 0 fully saturated rings. The summed E-state index contributed by atoms with van der Waals surface area (Å²) >= 11 is 0. The zero-order chi connectivity index (χ0) is 12.2. The average Bonchev–Trinajstić information content (AvgIpc) is 2.58. The van der Waals surface area contributed by atoms with Gasteiger partial charge in [0.25, 0.3) is 0 Å². The number of aryl methyl sites for hydroxylation is 4. The lowest BCUT2D eigenvalue weighted by atomic mass is 10.1. The van der Waals surface area contributed by atoms with E-state index in [-0.39, 0.29) is 0 Å². The second-order valence-corrected chi connectivity index (χ2v) is 4.97. The number of rotatable bonds is 0. The summed E-state index contributed by atoms with van der Waals surface area (Å²) in [7, 11) is 0. The van der Waals surface area contributed by atoms with Crippen LogP contribution in [0.4, 0.5) is 0 Å². The third-order valence-corrected chi connectivity index (χ3v) is 3.70. The van der Waals surface area contributed by atoms with Gasteiger partial charge in [-0.15, -0.1) is 0 Å². The highest BCUT2D eigenvalue weighted by molar-refractivity contribution is 5.71. The number of hydrogen-bond donors (Lipinski definition) is 0. The highest BCUT2D eigenvalue weighted by atomic mass is 14.8. The number of nitrogens with zero attached hydrogens (tertiary/aromatic N) is 2. The minimum atomic E-state index is 0.979. The molecule has 0 aromatic carbocycles. The van der Waals surface area contributed by atoms with Crippen LogP contribution in [0.2, 0.25) is 0 Å². The second-order valence-electron chi connectivity index (χ2n) is 4.97. The maximum absolute atomic E-state index is 4.70. The summed E-state index contributed by atoms with van der Waals surface area (Å²) in [6.07, 6.45) is 0.979. The summed E-state index contributed by atoms with van der Waals surface area (Å²) in [4.78, 5) is 9.41. The molecule has 17 heavy (non-hydrogen) atoms. The minimum Gasteiger partial charge on any atom is -0.251 e. The van der Waals surface area contributed by atoms with Crippen LogP contribution in [-0.2, 0) is 6.42 Å². The van der Waals surface area contributed by atoms with Crippen LogP contribution in [0.5, 0.6) is 0 Å². The van der Waals surface area contributed by atoms with Crippen LogP contribution in [0.3, 0.4) is 0 Å². The van der Waals surface area contributed by atoms with E-state index >= 15 is 0 Å². The molecule has 1 aliphatic carbocycles. The van der Waals surface area contributed by atoms with Gasteiger partial charge in [-0.25, -0.2) is 0 Å². The van der Waals surface area contributed by atoms with Gasteiger partial charge in [-0.05, 0) is 49.9 Å². The first kappa shape index (κ1) is 10.5. The fourth-order valence-electron chi connectivity index (χ4n) is 2.41. The monoisotopic (exact) mass is 224 g/mol. The zero-order valence-corrected chi connectivity index (χ0v) is 10.8. The van der Waals surface area contributed by atoms with E-state index in [1.54, 1.807) is 0 Å². The van der Waals surface area contributed by atoms with E-state index in [1.807, 2.05) is 0 Å². The molecule has 0 atom stereocenters. The average molecular weight is 224 g/mol. The molecular weight excluding hydrogens is 208 g/mol. The Morgan fingerprint density at radius 1 is 0.765 bits per heavy atom. The molecule has 3 rings (SSSR count). The van der Waals surface area contributed by atoms with Crippen LogP contribution in [0.25, 0.3) is 11.4 Å². The molecule has 2 nitrogen and oxygen atoms in total. The van der Waals surface area contributed by atoms with Crippen molar-refractivity contribution >= 4 is 0 Å². The molecule has 2 heterocycles. The highest BCUT2D eigenvalue weighted by Gasteiger charge is 2.22. The van der Waals surface area contributed by atoms with Crippen LogP contribution in [0.1, 0.15) is 33.6 Å². The largest absolute Gasteiger partial charge is 0.251 e. The van der Waals surface area contributed by atoms with Crippen LogP contribution in [-0.4, -0.2) is 9.97 Å². The molecule has 2 heteroatoms. The molecule has 0 unspecified atom stereocenters. The Kier molecular flexibility index (Phi) is 2.09. The van der Waals surface area contributed by atoms with Gasteiger partial charge in [0.2, 0.25) is 0 Å².